The number of rotatable bonds is 4. The molecule has 2 aromatic rings. The predicted octanol–water partition coefficient (Wildman–Crippen LogP) is 2.21. The Morgan fingerprint density at radius 2 is 1.86 bits per heavy atom. The number of thiol groups is 1. The Labute approximate surface area is 138 Å². The Morgan fingerprint density at radius 3 is 2.45 bits per heavy atom. The van der Waals surface area contributed by atoms with Crippen LogP contribution >= 0.6 is 24.2 Å². The number of primary sulfonamides is 1. The molecule has 2 rings (SSSR count). The summed E-state index contributed by atoms with van der Waals surface area (Å²) in [5, 5.41) is 7.86. The highest BCUT2D eigenvalue weighted by Crippen LogP contribution is 2.26. The normalized spacial score (nSPS) is 11.2. The predicted molar refractivity (Wildman–Crippen MR) is 87.7 cm³/mol. The summed E-state index contributed by atoms with van der Waals surface area (Å²) in [6.45, 7) is 0.295. The third kappa shape index (κ3) is 4.01. The standard InChI is InChI=1S/C14H13ClN2O3S2/c15-11-7-12(21)13(22(16,19)20)6-10(11)14(18)17-8-9-4-2-1-3-5-9/h1-7,21H,8H2,(H,17,18)(H2,16,19,20). The minimum atomic E-state index is -3.99. The Kier molecular flexibility index (Phi) is 5.12. The van der Waals surface area contributed by atoms with Crippen LogP contribution in [0.4, 0.5) is 0 Å². The van der Waals surface area contributed by atoms with Crippen molar-refractivity contribution in [2.45, 2.75) is 16.3 Å². The van der Waals surface area contributed by atoms with Crippen LogP contribution in [0.5, 0.6) is 0 Å². The number of hydrogen-bond acceptors (Lipinski definition) is 4. The quantitative estimate of drug-likeness (QED) is 0.734. The molecule has 116 valence electrons. The van der Waals surface area contributed by atoms with Crippen molar-refractivity contribution >= 4 is 40.2 Å². The highest BCUT2D eigenvalue weighted by molar-refractivity contribution is 7.90. The van der Waals surface area contributed by atoms with Crippen molar-refractivity contribution in [3.63, 3.8) is 0 Å². The molecule has 8 heteroatoms. The number of hydrogen-bond donors (Lipinski definition) is 3. The van der Waals surface area contributed by atoms with E-state index in [4.69, 9.17) is 16.7 Å². The fraction of sp³-hybridized carbons (Fsp3) is 0.0714. The fourth-order valence-corrected chi connectivity index (χ4v) is 3.35. The topological polar surface area (TPSA) is 89.3 Å². The van der Waals surface area contributed by atoms with Gasteiger partial charge in [0.25, 0.3) is 5.91 Å². The highest BCUT2D eigenvalue weighted by Gasteiger charge is 2.19. The smallest absolute Gasteiger partial charge is 0.253 e. The van der Waals surface area contributed by atoms with Crippen LogP contribution in [-0.2, 0) is 16.6 Å². The van der Waals surface area contributed by atoms with Gasteiger partial charge in [0.15, 0.2) is 0 Å². The van der Waals surface area contributed by atoms with Crippen molar-refractivity contribution in [2.24, 2.45) is 5.14 Å². The summed E-state index contributed by atoms with van der Waals surface area (Å²) in [7, 11) is -3.99. The first-order valence-electron chi connectivity index (χ1n) is 6.16. The van der Waals surface area contributed by atoms with Crippen molar-refractivity contribution in [3.8, 4) is 0 Å². The number of nitrogens with one attached hydrogen (secondary N) is 1. The van der Waals surface area contributed by atoms with E-state index in [2.05, 4.69) is 17.9 Å². The number of amides is 1. The van der Waals surface area contributed by atoms with E-state index >= 15 is 0 Å². The van der Waals surface area contributed by atoms with Crippen LogP contribution in [0.3, 0.4) is 0 Å². The lowest BCUT2D eigenvalue weighted by Crippen LogP contribution is -2.24. The lowest BCUT2D eigenvalue weighted by atomic mass is 10.2. The maximum Gasteiger partial charge on any atom is 0.253 e. The number of halogens is 1. The summed E-state index contributed by atoms with van der Waals surface area (Å²) in [4.78, 5) is 12.0. The first-order chi connectivity index (χ1) is 10.3. The van der Waals surface area contributed by atoms with E-state index in [0.717, 1.165) is 11.6 Å². The second kappa shape index (κ2) is 6.70. The van der Waals surface area contributed by atoms with Crippen LogP contribution in [0, 0.1) is 0 Å². The zero-order chi connectivity index (χ0) is 16.3. The maximum atomic E-state index is 12.2. The average Bonchev–Trinajstić information content (AvgIpc) is 2.44. The largest absolute Gasteiger partial charge is 0.348 e. The molecular weight excluding hydrogens is 344 g/mol. The molecule has 0 fully saturated rings. The Balaban J connectivity index is 2.26. The first kappa shape index (κ1) is 16.8. The van der Waals surface area contributed by atoms with Crippen LogP contribution in [-0.4, -0.2) is 14.3 Å². The minimum absolute atomic E-state index is 0.0272. The van der Waals surface area contributed by atoms with E-state index in [9.17, 15) is 13.2 Å². The third-order valence-electron chi connectivity index (χ3n) is 2.90. The van der Waals surface area contributed by atoms with Gasteiger partial charge < -0.3 is 5.32 Å². The monoisotopic (exact) mass is 356 g/mol. The van der Waals surface area contributed by atoms with Gasteiger partial charge in [-0.25, -0.2) is 13.6 Å². The minimum Gasteiger partial charge on any atom is -0.348 e. The van der Waals surface area contributed by atoms with E-state index in [1.165, 1.54) is 6.07 Å². The second-order valence-electron chi connectivity index (χ2n) is 4.51. The van der Waals surface area contributed by atoms with E-state index in [1.54, 1.807) is 0 Å². The summed E-state index contributed by atoms with van der Waals surface area (Å²) >= 11 is 9.99. The van der Waals surface area contributed by atoms with E-state index in [-0.39, 0.29) is 20.4 Å². The molecule has 0 radical (unpaired) electrons. The van der Waals surface area contributed by atoms with Gasteiger partial charge in [-0.2, -0.15) is 0 Å². The molecule has 0 aliphatic carbocycles. The Morgan fingerprint density at radius 1 is 1.23 bits per heavy atom. The molecule has 0 unspecified atom stereocenters. The number of nitrogens with two attached hydrogens (primary N) is 1. The van der Waals surface area contributed by atoms with Gasteiger partial charge >= 0.3 is 0 Å². The molecule has 0 aromatic heterocycles. The number of sulfonamides is 1. The van der Waals surface area contributed by atoms with Crippen LogP contribution in [0.15, 0.2) is 52.3 Å². The fourth-order valence-electron chi connectivity index (χ4n) is 1.82. The van der Waals surface area contributed by atoms with Crippen molar-refractivity contribution in [2.75, 3.05) is 0 Å². The third-order valence-corrected chi connectivity index (χ3v) is 4.68. The highest BCUT2D eigenvalue weighted by atomic mass is 35.5. The number of benzene rings is 2. The molecule has 22 heavy (non-hydrogen) atoms. The lowest BCUT2D eigenvalue weighted by molar-refractivity contribution is 0.0950. The van der Waals surface area contributed by atoms with E-state index < -0.39 is 15.9 Å². The first-order valence-corrected chi connectivity index (χ1v) is 8.53. The van der Waals surface area contributed by atoms with Crippen LogP contribution in [0.2, 0.25) is 5.02 Å². The Bertz CT molecular complexity index is 808. The van der Waals surface area contributed by atoms with Gasteiger partial charge in [-0.15, -0.1) is 12.6 Å². The second-order valence-corrected chi connectivity index (χ2v) is 6.93. The van der Waals surface area contributed by atoms with Gasteiger partial charge in [-0.05, 0) is 17.7 Å². The summed E-state index contributed by atoms with van der Waals surface area (Å²) in [5.74, 6) is -0.493. The molecular formula is C14H13ClN2O3S2. The maximum absolute atomic E-state index is 12.2. The van der Waals surface area contributed by atoms with Crippen molar-refractivity contribution in [3.05, 3.63) is 58.6 Å². The zero-order valence-electron chi connectivity index (χ0n) is 11.3. The van der Waals surface area contributed by atoms with Gasteiger partial charge in [0.05, 0.1) is 15.5 Å². The molecule has 3 N–H and O–H groups in total. The molecule has 0 saturated heterocycles. The summed E-state index contributed by atoms with van der Waals surface area (Å²) in [6, 6.07) is 11.7. The molecule has 0 saturated carbocycles. The summed E-state index contributed by atoms with van der Waals surface area (Å²) in [6.07, 6.45) is 0. The molecule has 0 bridgehead atoms. The summed E-state index contributed by atoms with van der Waals surface area (Å²) in [5.41, 5.74) is 0.934. The zero-order valence-corrected chi connectivity index (χ0v) is 13.8. The van der Waals surface area contributed by atoms with Gasteiger partial charge in [-0.1, -0.05) is 41.9 Å². The number of carbonyl (C=O) groups excluding carboxylic acids is 1. The molecule has 0 heterocycles. The molecule has 0 atom stereocenters. The molecule has 0 aliphatic rings. The molecule has 0 spiro atoms. The van der Waals surface area contributed by atoms with Crippen LogP contribution < -0.4 is 10.5 Å². The average molecular weight is 357 g/mol. The molecule has 0 aliphatic heterocycles. The van der Waals surface area contributed by atoms with Gasteiger partial charge in [0, 0.05) is 11.4 Å². The van der Waals surface area contributed by atoms with Crippen molar-refractivity contribution in [1.82, 2.24) is 5.32 Å². The number of carbonyl (C=O) groups is 1. The Hall–Kier alpha value is -1.54. The van der Waals surface area contributed by atoms with Crippen LogP contribution in [0.1, 0.15) is 15.9 Å². The van der Waals surface area contributed by atoms with Crippen molar-refractivity contribution < 1.29 is 13.2 Å². The van der Waals surface area contributed by atoms with Gasteiger partial charge in [-0.3, -0.25) is 4.79 Å². The van der Waals surface area contributed by atoms with Crippen molar-refractivity contribution in [1.29, 1.82) is 0 Å². The van der Waals surface area contributed by atoms with E-state index in [1.807, 2.05) is 30.3 Å². The summed E-state index contributed by atoms with van der Waals surface area (Å²) < 4.78 is 22.9. The van der Waals surface area contributed by atoms with Gasteiger partial charge in [0.1, 0.15) is 0 Å². The lowest BCUT2D eigenvalue weighted by Gasteiger charge is -2.10. The SMILES string of the molecule is NS(=O)(=O)c1cc(C(=O)NCc2ccccc2)c(Cl)cc1S. The van der Waals surface area contributed by atoms with Crippen LogP contribution in [0.25, 0.3) is 0 Å². The molecule has 1 amide bonds. The van der Waals surface area contributed by atoms with Gasteiger partial charge in [0.2, 0.25) is 10.0 Å². The molecule has 5 nitrogen and oxygen atoms in total. The molecule has 2 aromatic carbocycles. The van der Waals surface area contributed by atoms with E-state index in [0.29, 0.717) is 6.54 Å².